The molecule has 1 aromatic carbocycles. The summed E-state index contributed by atoms with van der Waals surface area (Å²) in [5.74, 6) is -3.99. The number of aliphatic hydroxyl groups is 1. The summed E-state index contributed by atoms with van der Waals surface area (Å²) < 4.78 is 27.3. The molecule has 1 aliphatic carbocycles. The zero-order valence-corrected chi connectivity index (χ0v) is 20.3. The number of carbonyl (C=O) groups excluding carboxylic acids is 4. The Bertz CT molecular complexity index is 1250. The van der Waals surface area contributed by atoms with E-state index in [1.165, 1.54) is 19.1 Å². The van der Waals surface area contributed by atoms with Crippen LogP contribution in [0.4, 0.5) is 10.5 Å². The molecule has 12 nitrogen and oxygen atoms in total. The van der Waals surface area contributed by atoms with E-state index in [2.05, 4.69) is 4.74 Å². The smallest absolute Gasteiger partial charge is 0.493 e. The average molecular weight is 502 g/mol. The number of rotatable bonds is 3. The Labute approximate surface area is 205 Å². The Morgan fingerprint density at radius 2 is 1.89 bits per heavy atom. The molecular weight excluding hydrogens is 476 g/mol. The number of fused-ring (bicyclic) bond motifs is 1. The monoisotopic (exact) mass is 502 g/mol. The molecule has 0 unspecified atom stereocenters. The van der Waals surface area contributed by atoms with Gasteiger partial charge in [-0.15, -0.1) is 0 Å². The van der Waals surface area contributed by atoms with Gasteiger partial charge in [0.1, 0.15) is 11.5 Å². The Kier molecular flexibility index (Phi) is 4.33. The van der Waals surface area contributed by atoms with E-state index in [0.717, 1.165) is 7.11 Å². The van der Waals surface area contributed by atoms with Gasteiger partial charge in [-0.05, 0) is 24.5 Å². The fourth-order valence-corrected chi connectivity index (χ4v) is 7.91. The Balaban J connectivity index is 1.76. The normalized spacial score (nSPS) is 37.6. The van der Waals surface area contributed by atoms with E-state index in [-0.39, 0.29) is 31.7 Å². The average Bonchev–Trinajstić information content (AvgIpc) is 3.41. The van der Waals surface area contributed by atoms with Crippen LogP contribution in [0.15, 0.2) is 12.1 Å². The quantitative estimate of drug-likeness (QED) is 0.455. The van der Waals surface area contributed by atoms with Crippen LogP contribution in [-0.4, -0.2) is 86.3 Å². The number of piperidine rings is 1. The highest BCUT2D eigenvalue weighted by atomic mass is 16.8. The van der Waals surface area contributed by atoms with Crippen molar-refractivity contribution in [3.63, 3.8) is 0 Å². The fourth-order valence-electron chi connectivity index (χ4n) is 7.91. The van der Waals surface area contributed by atoms with Gasteiger partial charge in [-0.3, -0.25) is 14.4 Å². The largest absolute Gasteiger partial charge is 0.510 e. The van der Waals surface area contributed by atoms with Gasteiger partial charge in [-0.2, -0.15) is 0 Å². The number of likely N-dealkylation sites (N-methyl/N-ethyl adjacent to an activating group) is 1. The van der Waals surface area contributed by atoms with Gasteiger partial charge >= 0.3 is 12.1 Å². The third-order valence-electron chi connectivity index (χ3n) is 8.80. The van der Waals surface area contributed by atoms with Crippen LogP contribution < -0.4 is 14.4 Å². The van der Waals surface area contributed by atoms with Gasteiger partial charge in [0, 0.05) is 20.0 Å². The van der Waals surface area contributed by atoms with E-state index in [1.54, 1.807) is 24.1 Å². The summed E-state index contributed by atoms with van der Waals surface area (Å²) in [7, 11) is 5.56. The first-order valence-electron chi connectivity index (χ1n) is 11.6. The first kappa shape index (κ1) is 22.9. The zero-order valence-electron chi connectivity index (χ0n) is 20.3. The number of carbonyl (C=O) groups is 4. The van der Waals surface area contributed by atoms with Gasteiger partial charge < -0.3 is 38.6 Å². The van der Waals surface area contributed by atoms with Gasteiger partial charge in [0.25, 0.3) is 5.79 Å². The molecule has 4 heterocycles. The van der Waals surface area contributed by atoms with Crippen LogP contribution in [-0.2, 0) is 34.0 Å². The molecule has 3 saturated heterocycles. The molecule has 6 rings (SSSR count). The van der Waals surface area contributed by atoms with Crippen molar-refractivity contribution in [2.45, 2.75) is 48.7 Å². The molecule has 192 valence electrons. The molecule has 5 atom stereocenters. The lowest BCUT2D eigenvalue weighted by molar-refractivity contribution is -0.278. The third kappa shape index (κ3) is 2.09. The number of esters is 1. The number of benzene rings is 1. The second-order valence-electron chi connectivity index (χ2n) is 9.97. The molecule has 1 amide bonds. The molecular formula is C24H26N2O10. The lowest BCUT2D eigenvalue weighted by Gasteiger charge is -2.62. The Hall–Kier alpha value is -3.54. The molecule has 1 N–H and O–H groups in total. The van der Waals surface area contributed by atoms with Crippen molar-refractivity contribution in [2.75, 3.05) is 39.8 Å². The van der Waals surface area contributed by atoms with Crippen LogP contribution in [0.2, 0.25) is 0 Å². The van der Waals surface area contributed by atoms with Crippen molar-refractivity contribution >= 4 is 29.5 Å². The van der Waals surface area contributed by atoms with Crippen molar-refractivity contribution in [1.29, 1.82) is 0 Å². The lowest BCUT2D eigenvalue weighted by atomic mass is 9.48. The first-order valence-corrected chi connectivity index (χ1v) is 11.6. The van der Waals surface area contributed by atoms with E-state index in [1.807, 2.05) is 0 Å². The number of hydrogen-bond acceptors (Lipinski definition) is 11. The number of nitrogens with zero attached hydrogens (tertiary/aromatic N) is 2. The molecule has 1 saturated carbocycles. The van der Waals surface area contributed by atoms with Crippen LogP contribution in [0.3, 0.4) is 0 Å². The lowest BCUT2D eigenvalue weighted by Crippen LogP contribution is -2.83. The van der Waals surface area contributed by atoms with Crippen LogP contribution in [0.5, 0.6) is 11.5 Å². The van der Waals surface area contributed by atoms with E-state index in [9.17, 15) is 24.3 Å². The number of methoxy groups -OCH3 is 3. The van der Waals surface area contributed by atoms with Crippen molar-refractivity contribution in [3.8, 4) is 11.5 Å². The minimum atomic E-state index is -2.77. The molecule has 4 aliphatic heterocycles. The minimum Gasteiger partial charge on any atom is -0.493 e. The summed E-state index contributed by atoms with van der Waals surface area (Å²) in [5, 5.41) is 12.1. The molecule has 1 aromatic rings. The molecule has 36 heavy (non-hydrogen) atoms. The van der Waals surface area contributed by atoms with E-state index in [0.29, 0.717) is 29.2 Å². The summed E-state index contributed by atoms with van der Waals surface area (Å²) in [6.45, 7) is 0.276. The summed E-state index contributed by atoms with van der Waals surface area (Å²) >= 11 is 0. The summed E-state index contributed by atoms with van der Waals surface area (Å²) in [6.07, 6.45) is -1.27. The summed E-state index contributed by atoms with van der Waals surface area (Å²) in [6, 6.07) is 2.03. The summed E-state index contributed by atoms with van der Waals surface area (Å²) in [4.78, 5) is 56.5. The number of anilines is 1. The molecule has 0 radical (unpaired) electrons. The van der Waals surface area contributed by atoms with Crippen molar-refractivity contribution in [2.24, 2.45) is 5.41 Å². The number of ether oxygens (including phenoxy) is 5. The van der Waals surface area contributed by atoms with Crippen LogP contribution in [0, 0.1) is 5.41 Å². The van der Waals surface area contributed by atoms with Gasteiger partial charge in [0.15, 0.2) is 11.5 Å². The molecule has 4 fully saturated rings. The van der Waals surface area contributed by atoms with Gasteiger partial charge in [-0.25, -0.2) is 4.79 Å². The second-order valence-corrected chi connectivity index (χ2v) is 9.97. The second kappa shape index (κ2) is 6.81. The highest BCUT2D eigenvalue weighted by Gasteiger charge is 2.92. The van der Waals surface area contributed by atoms with Crippen LogP contribution in [0.25, 0.3) is 0 Å². The van der Waals surface area contributed by atoms with Crippen LogP contribution in [0.1, 0.15) is 31.2 Å². The molecule has 2 spiro atoms. The predicted octanol–water partition coefficient (Wildman–Crippen LogP) is 0.470. The standard InChI is InChI=1S/C24H26N2O10/c1-25-16-12(6-7-13(32-2)17(16)33-3)22-10-14(27)26-9-5-8-21(11-15(28)35-24(21,22)26)19(29)23(31,18(22)25)36-20(30)34-4/h6-7,18,31H,5,8-11H2,1-4H3/t18-,21-,22+,23+,24-/m0/s1. The highest BCUT2D eigenvalue weighted by molar-refractivity contribution is 6.05. The fraction of sp³-hybridized carbons (Fsp3) is 0.583. The minimum absolute atomic E-state index is 0.162. The van der Waals surface area contributed by atoms with E-state index >= 15 is 0 Å². The van der Waals surface area contributed by atoms with Crippen molar-refractivity contribution in [1.82, 2.24) is 4.90 Å². The third-order valence-corrected chi connectivity index (χ3v) is 8.80. The summed E-state index contributed by atoms with van der Waals surface area (Å²) in [5.41, 5.74) is -3.88. The maximum atomic E-state index is 14.4. The van der Waals surface area contributed by atoms with Gasteiger partial charge in [-0.1, -0.05) is 6.07 Å². The number of Topliss-reactive ketones (excluding diaryl/α,β-unsaturated/α-hetero) is 1. The molecule has 5 aliphatic rings. The number of ketones is 1. The maximum absolute atomic E-state index is 14.4. The Morgan fingerprint density at radius 3 is 2.56 bits per heavy atom. The molecule has 12 heteroatoms. The molecule has 0 aromatic heterocycles. The van der Waals surface area contributed by atoms with E-state index in [4.69, 9.17) is 18.9 Å². The SMILES string of the molecule is COC(=O)O[C@@]1(O)C(=O)[C@@]23CCCN4C(=O)C[C@]5(c6ccc(OC)c(OC)c6N(C)[C@H]15)[C@]42OC(=O)C3. The zero-order chi connectivity index (χ0) is 25.8. The maximum Gasteiger partial charge on any atom is 0.510 e. The highest BCUT2D eigenvalue weighted by Crippen LogP contribution is 2.75. The molecule has 0 bridgehead atoms. The number of hydrogen-bond donors (Lipinski definition) is 1. The van der Waals surface area contributed by atoms with Crippen molar-refractivity contribution < 1.29 is 48.0 Å². The van der Waals surface area contributed by atoms with Crippen LogP contribution >= 0.6 is 0 Å². The van der Waals surface area contributed by atoms with Gasteiger partial charge in [0.2, 0.25) is 17.4 Å². The van der Waals surface area contributed by atoms with Crippen molar-refractivity contribution in [3.05, 3.63) is 17.7 Å². The van der Waals surface area contributed by atoms with Gasteiger partial charge in [0.05, 0.1) is 38.9 Å². The predicted molar refractivity (Wildman–Crippen MR) is 118 cm³/mol. The number of amides is 1. The first-order chi connectivity index (χ1) is 17.1. The topological polar surface area (TPSA) is 141 Å². The Morgan fingerprint density at radius 1 is 1.14 bits per heavy atom. The van der Waals surface area contributed by atoms with E-state index < -0.39 is 46.3 Å².